The summed E-state index contributed by atoms with van der Waals surface area (Å²) in [5, 5.41) is 11.3. The van der Waals surface area contributed by atoms with Gasteiger partial charge < -0.3 is 4.90 Å². The highest BCUT2D eigenvalue weighted by molar-refractivity contribution is 8.22. The highest BCUT2D eigenvalue weighted by atomic mass is 32.2. The number of nitrogens with one attached hydrogen (secondary N) is 1. The molecule has 0 unspecified atom stereocenters. The van der Waals surface area contributed by atoms with Gasteiger partial charge in [-0.2, -0.15) is 0 Å². The molecule has 110 valence electrons. The Morgan fingerprint density at radius 2 is 2.20 bits per heavy atom. The molecule has 1 rings (SSSR count). The van der Waals surface area contributed by atoms with E-state index in [1.165, 1.54) is 13.4 Å². The van der Waals surface area contributed by atoms with E-state index in [1.54, 1.807) is 0 Å². The molecule has 1 aromatic rings. The highest BCUT2D eigenvalue weighted by Gasteiger charge is 2.25. The van der Waals surface area contributed by atoms with E-state index in [9.17, 15) is 10.1 Å². The molecule has 1 heterocycles. The third kappa shape index (κ3) is 3.99. The molecule has 0 aliphatic rings. The van der Waals surface area contributed by atoms with Gasteiger partial charge in [0.25, 0.3) is 0 Å². The fourth-order valence-corrected chi connectivity index (χ4v) is 2.82. The van der Waals surface area contributed by atoms with E-state index >= 15 is 0 Å². The summed E-state index contributed by atoms with van der Waals surface area (Å²) in [6, 6.07) is 0. The van der Waals surface area contributed by atoms with Gasteiger partial charge >= 0.3 is 5.69 Å². The van der Waals surface area contributed by atoms with Crippen LogP contribution in [0.1, 0.15) is 13.8 Å². The Balaban J connectivity index is 3.08. The van der Waals surface area contributed by atoms with Crippen LogP contribution in [0.5, 0.6) is 0 Å². The summed E-state index contributed by atoms with van der Waals surface area (Å²) in [7, 11) is 1.35. The Morgan fingerprint density at radius 1 is 1.55 bits per heavy atom. The summed E-state index contributed by atoms with van der Waals surface area (Å²) >= 11 is 6.33. The van der Waals surface area contributed by atoms with Crippen molar-refractivity contribution in [2.45, 2.75) is 18.9 Å². The molecule has 0 bridgehead atoms. The first-order valence-electron chi connectivity index (χ1n) is 5.80. The number of hydrogen-bond donors (Lipinski definition) is 1. The predicted molar refractivity (Wildman–Crippen MR) is 80.7 cm³/mol. The number of hydrogen-bond acceptors (Lipinski definition) is 8. The van der Waals surface area contributed by atoms with Crippen molar-refractivity contribution in [1.29, 1.82) is 0 Å². The van der Waals surface area contributed by atoms with Crippen molar-refractivity contribution in [1.82, 2.24) is 14.9 Å². The molecule has 0 saturated carbocycles. The first kappa shape index (κ1) is 16.5. The highest BCUT2D eigenvalue weighted by Crippen LogP contribution is 2.33. The molecule has 0 aliphatic heterocycles. The van der Waals surface area contributed by atoms with E-state index in [1.807, 2.05) is 18.7 Å². The molecule has 10 heteroatoms. The van der Waals surface area contributed by atoms with Crippen LogP contribution in [-0.2, 0) is 4.84 Å². The van der Waals surface area contributed by atoms with Gasteiger partial charge in [0.1, 0.15) is 10.6 Å². The minimum absolute atomic E-state index is 0.00246. The van der Waals surface area contributed by atoms with Crippen LogP contribution in [0.15, 0.2) is 11.4 Å². The summed E-state index contributed by atoms with van der Waals surface area (Å²) < 4.78 is 0.528. The van der Waals surface area contributed by atoms with Crippen molar-refractivity contribution in [3.05, 3.63) is 16.4 Å². The quantitative estimate of drug-likeness (QED) is 0.278. The standard InChI is InChI=1S/C10H15N5O3S2/c1-4-14(5-2)10(19)20-9-7(15(16)17)8(13-18-3)11-6-12-9/h6H,4-5H2,1-3H3,(H,11,12,13). The van der Waals surface area contributed by atoms with Crippen LogP contribution in [0.25, 0.3) is 0 Å². The predicted octanol–water partition coefficient (Wildman–Crippen LogP) is 2.08. The minimum Gasteiger partial charge on any atom is -0.358 e. The van der Waals surface area contributed by atoms with Crippen molar-refractivity contribution in [3.63, 3.8) is 0 Å². The number of thiocarbonyl (C=S) groups is 1. The van der Waals surface area contributed by atoms with Gasteiger partial charge in [-0.25, -0.2) is 15.4 Å². The summed E-state index contributed by atoms with van der Waals surface area (Å²) in [4.78, 5) is 24.9. The number of thioether (sulfide) groups is 1. The second-order valence-corrected chi connectivity index (χ2v) is 5.10. The van der Waals surface area contributed by atoms with E-state index in [0.717, 1.165) is 24.9 Å². The number of nitro groups is 1. The van der Waals surface area contributed by atoms with Crippen LogP contribution in [0, 0.1) is 10.1 Å². The lowest BCUT2D eigenvalue weighted by Gasteiger charge is -2.20. The zero-order valence-electron chi connectivity index (χ0n) is 11.3. The van der Waals surface area contributed by atoms with E-state index < -0.39 is 4.92 Å². The van der Waals surface area contributed by atoms with Crippen molar-refractivity contribution in [2.75, 3.05) is 25.7 Å². The molecule has 0 fully saturated rings. The monoisotopic (exact) mass is 317 g/mol. The Bertz CT molecular complexity index is 496. The molecule has 20 heavy (non-hydrogen) atoms. The Morgan fingerprint density at radius 3 is 2.70 bits per heavy atom. The fraction of sp³-hybridized carbons (Fsp3) is 0.500. The minimum atomic E-state index is -0.561. The number of aromatic nitrogens is 2. The number of anilines is 1. The molecule has 0 radical (unpaired) electrons. The molecule has 1 N–H and O–H groups in total. The van der Waals surface area contributed by atoms with Gasteiger partial charge in [0.15, 0.2) is 5.03 Å². The lowest BCUT2D eigenvalue weighted by Crippen LogP contribution is -2.26. The van der Waals surface area contributed by atoms with Crippen LogP contribution < -0.4 is 5.48 Å². The lowest BCUT2D eigenvalue weighted by atomic mass is 10.5. The van der Waals surface area contributed by atoms with Gasteiger partial charge in [-0.3, -0.25) is 15.0 Å². The summed E-state index contributed by atoms with van der Waals surface area (Å²) in [6.45, 7) is 5.38. The van der Waals surface area contributed by atoms with Crippen LogP contribution >= 0.6 is 24.0 Å². The lowest BCUT2D eigenvalue weighted by molar-refractivity contribution is -0.387. The molecular formula is C10H15N5O3S2. The zero-order valence-corrected chi connectivity index (χ0v) is 13.0. The van der Waals surface area contributed by atoms with Crippen LogP contribution in [0.2, 0.25) is 0 Å². The summed E-state index contributed by atoms with van der Waals surface area (Å²) in [5.41, 5.74) is 2.11. The Hall–Kier alpha value is -1.52. The van der Waals surface area contributed by atoms with E-state index in [4.69, 9.17) is 12.2 Å². The molecule has 0 atom stereocenters. The Kier molecular flexibility index (Phi) is 6.55. The third-order valence-corrected chi connectivity index (χ3v) is 3.81. The maximum absolute atomic E-state index is 11.2. The second-order valence-electron chi connectivity index (χ2n) is 3.48. The van der Waals surface area contributed by atoms with Gasteiger partial charge in [-0.05, 0) is 25.6 Å². The molecular weight excluding hydrogens is 302 g/mol. The van der Waals surface area contributed by atoms with E-state index in [-0.39, 0.29) is 16.5 Å². The van der Waals surface area contributed by atoms with Gasteiger partial charge in [0, 0.05) is 13.1 Å². The summed E-state index contributed by atoms with van der Waals surface area (Å²) in [5.74, 6) is -0.00246. The second kappa shape index (κ2) is 7.92. The van der Waals surface area contributed by atoms with Gasteiger partial charge in [0.05, 0.1) is 12.0 Å². The zero-order chi connectivity index (χ0) is 15.1. The smallest absolute Gasteiger partial charge is 0.345 e. The average molecular weight is 317 g/mol. The van der Waals surface area contributed by atoms with Crippen molar-refractivity contribution in [2.24, 2.45) is 0 Å². The topological polar surface area (TPSA) is 93.4 Å². The van der Waals surface area contributed by atoms with E-state index in [0.29, 0.717) is 4.32 Å². The van der Waals surface area contributed by atoms with Crippen molar-refractivity contribution < 1.29 is 9.76 Å². The molecule has 8 nitrogen and oxygen atoms in total. The fourth-order valence-electron chi connectivity index (χ4n) is 1.40. The van der Waals surface area contributed by atoms with Gasteiger partial charge in [0.2, 0.25) is 5.82 Å². The Labute approximate surface area is 126 Å². The largest absolute Gasteiger partial charge is 0.358 e. The first-order valence-corrected chi connectivity index (χ1v) is 7.02. The van der Waals surface area contributed by atoms with Crippen molar-refractivity contribution in [3.8, 4) is 0 Å². The molecule has 0 spiro atoms. The van der Waals surface area contributed by atoms with Crippen LogP contribution in [0.3, 0.4) is 0 Å². The molecule has 1 aromatic heterocycles. The number of nitrogens with zero attached hydrogens (tertiary/aromatic N) is 4. The van der Waals surface area contributed by atoms with E-state index in [2.05, 4.69) is 20.3 Å². The average Bonchev–Trinajstić information content (AvgIpc) is 2.40. The summed E-state index contributed by atoms with van der Waals surface area (Å²) in [6.07, 6.45) is 1.22. The SMILES string of the molecule is CCN(CC)C(=S)Sc1ncnc(NOC)c1[N+](=O)[O-]. The van der Waals surface area contributed by atoms with Gasteiger partial charge in [-0.1, -0.05) is 12.2 Å². The molecule has 0 aromatic carbocycles. The van der Waals surface area contributed by atoms with Crippen LogP contribution in [-0.4, -0.2) is 44.3 Å². The van der Waals surface area contributed by atoms with Crippen molar-refractivity contribution >= 4 is 39.8 Å². The number of rotatable bonds is 6. The maximum atomic E-state index is 11.2. The third-order valence-electron chi connectivity index (χ3n) is 2.38. The maximum Gasteiger partial charge on any atom is 0.345 e. The molecule has 0 saturated heterocycles. The first-order chi connectivity index (χ1) is 9.54. The molecule has 0 aliphatic carbocycles. The van der Waals surface area contributed by atoms with Gasteiger partial charge in [-0.15, -0.1) is 0 Å². The normalized spacial score (nSPS) is 10.2. The molecule has 0 amide bonds. The van der Waals surface area contributed by atoms with Crippen LogP contribution in [0.4, 0.5) is 11.5 Å².